The molecule has 1 heterocycles. The number of nitrogens with zero attached hydrogens (tertiary/aromatic N) is 1. The molecule has 0 aliphatic heterocycles. The van der Waals surface area contributed by atoms with Crippen LogP contribution in [0.4, 0.5) is 0 Å². The Morgan fingerprint density at radius 3 is 3.00 bits per heavy atom. The Labute approximate surface area is 95.8 Å². The zero-order valence-corrected chi connectivity index (χ0v) is 9.81. The lowest BCUT2D eigenvalue weighted by Gasteiger charge is -2.03. The van der Waals surface area contributed by atoms with Gasteiger partial charge >= 0.3 is 5.97 Å². The Bertz CT molecular complexity index is 339. The summed E-state index contributed by atoms with van der Waals surface area (Å²) in [6.45, 7) is 4.96. The van der Waals surface area contributed by atoms with E-state index in [9.17, 15) is 4.79 Å². The van der Waals surface area contributed by atoms with Gasteiger partial charge in [-0.1, -0.05) is 6.92 Å². The van der Waals surface area contributed by atoms with Crippen LogP contribution < -0.4 is 4.57 Å². The van der Waals surface area contributed by atoms with Crippen LogP contribution in [-0.4, -0.2) is 12.8 Å². The number of ether oxygens (including phenoxy) is 2. The highest BCUT2D eigenvalue weighted by atomic mass is 16.7. The first-order valence-corrected chi connectivity index (χ1v) is 5.41. The van der Waals surface area contributed by atoms with E-state index in [-0.39, 0.29) is 12.8 Å². The first-order valence-electron chi connectivity index (χ1n) is 5.41. The number of carbonyl (C=O) groups is 1. The second-order valence-electron chi connectivity index (χ2n) is 3.55. The highest BCUT2D eigenvalue weighted by Gasteiger charge is 2.01. The standard InChI is InChI=1S/C12H18NO3/c1-3-6-13-7-4-5-12(8-13)9-15-10-16-11(2)14/h4-5,7-8H,3,6,9-10H2,1-2H3/q+1. The highest BCUT2D eigenvalue weighted by Crippen LogP contribution is 1.97. The van der Waals surface area contributed by atoms with Gasteiger partial charge in [-0.25, -0.2) is 4.57 Å². The molecule has 0 aromatic carbocycles. The van der Waals surface area contributed by atoms with E-state index >= 15 is 0 Å². The number of aromatic nitrogens is 1. The highest BCUT2D eigenvalue weighted by molar-refractivity contribution is 5.65. The fourth-order valence-electron chi connectivity index (χ4n) is 1.34. The molecule has 1 rings (SSSR count). The smallest absolute Gasteiger partial charge is 0.304 e. The first-order chi connectivity index (χ1) is 7.72. The van der Waals surface area contributed by atoms with Crippen molar-refractivity contribution in [3.63, 3.8) is 0 Å². The molecule has 16 heavy (non-hydrogen) atoms. The molecule has 0 fully saturated rings. The number of esters is 1. The molecule has 0 aliphatic rings. The molecule has 0 atom stereocenters. The zero-order valence-electron chi connectivity index (χ0n) is 9.81. The van der Waals surface area contributed by atoms with Crippen molar-refractivity contribution < 1.29 is 18.8 Å². The topological polar surface area (TPSA) is 39.4 Å². The van der Waals surface area contributed by atoms with Crippen LogP contribution in [0, 0.1) is 0 Å². The van der Waals surface area contributed by atoms with Crippen molar-refractivity contribution in [1.29, 1.82) is 0 Å². The number of carbonyl (C=O) groups excluding carboxylic acids is 1. The molecular weight excluding hydrogens is 206 g/mol. The van der Waals surface area contributed by atoms with Gasteiger partial charge < -0.3 is 9.47 Å². The molecule has 1 aromatic heterocycles. The van der Waals surface area contributed by atoms with Crippen LogP contribution in [0.2, 0.25) is 0 Å². The monoisotopic (exact) mass is 224 g/mol. The predicted molar refractivity (Wildman–Crippen MR) is 58.4 cm³/mol. The summed E-state index contributed by atoms with van der Waals surface area (Å²) in [7, 11) is 0. The van der Waals surface area contributed by atoms with Crippen LogP contribution >= 0.6 is 0 Å². The van der Waals surface area contributed by atoms with E-state index in [0.717, 1.165) is 18.5 Å². The average molecular weight is 224 g/mol. The van der Waals surface area contributed by atoms with Crippen molar-refractivity contribution in [2.75, 3.05) is 6.79 Å². The fourth-order valence-corrected chi connectivity index (χ4v) is 1.34. The number of hydrogen-bond donors (Lipinski definition) is 0. The number of hydrogen-bond acceptors (Lipinski definition) is 3. The van der Waals surface area contributed by atoms with Gasteiger partial charge in [-0.2, -0.15) is 0 Å². The van der Waals surface area contributed by atoms with E-state index in [1.165, 1.54) is 6.92 Å². The average Bonchev–Trinajstić information content (AvgIpc) is 2.25. The maximum atomic E-state index is 10.5. The summed E-state index contributed by atoms with van der Waals surface area (Å²) in [6, 6.07) is 3.97. The molecule has 0 saturated heterocycles. The minimum atomic E-state index is -0.325. The van der Waals surface area contributed by atoms with E-state index in [1.807, 2.05) is 24.5 Å². The van der Waals surface area contributed by atoms with E-state index in [0.29, 0.717) is 6.61 Å². The van der Waals surface area contributed by atoms with Gasteiger partial charge in [0, 0.05) is 25.0 Å². The summed E-state index contributed by atoms with van der Waals surface area (Å²) in [5.74, 6) is -0.325. The quantitative estimate of drug-likeness (QED) is 0.317. The normalized spacial score (nSPS) is 10.1. The van der Waals surface area contributed by atoms with Crippen LogP contribution in [0.3, 0.4) is 0 Å². The third-order valence-corrected chi connectivity index (χ3v) is 2.02. The van der Waals surface area contributed by atoms with Gasteiger partial charge in [-0.15, -0.1) is 0 Å². The molecule has 88 valence electrons. The van der Waals surface area contributed by atoms with Crippen molar-refractivity contribution in [2.45, 2.75) is 33.4 Å². The van der Waals surface area contributed by atoms with Crippen molar-refractivity contribution in [2.24, 2.45) is 0 Å². The van der Waals surface area contributed by atoms with Crippen molar-refractivity contribution >= 4 is 5.97 Å². The minimum absolute atomic E-state index is 0.0119. The van der Waals surface area contributed by atoms with Crippen LogP contribution in [0.5, 0.6) is 0 Å². The van der Waals surface area contributed by atoms with Crippen LogP contribution in [0.1, 0.15) is 25.8 Å². The van der Waals surface area contributed by atoms with Gasteiger partial charge in [0.1, 0.15) is 6.54 Å². The Kier molecular flexibility index (Phi) is 5.50. The number of rotatable bonds is 6. The third-order valence-electron chi connectivity index (χ3n) is 2.02. The summed E-state index contributed by atoms with van der Waals surface area (Å²) in [5, 5.41) is 0. The van der Waals surface area contributed by atoms with E-state index in [4.69, 9.17) is 4.74 Å². The Morgan fingerprint density at radius 2 is 2.31 bits per heavy atom. The summed E-state index contributed by atoms with van der Waals surface area (Å²) in [5.41, 5.74) is 1.07. The second-order valence-corrected chi connectivity index (χ2v) is 3.55. The molecule has 0 unspecified atom stereocenters. The molecule has 4 nitrogen and oxygen atoms in total. The van der Waals surface area contributed by atoms with Crippen LogP contribution in [0.25, 0.3) is 0 Å². The van der Waals surface area contributed by atoms with Gasteiger partial charge in [0.15, 0.2) is 19.2 Å². The number of aryl methyl sites for hydroxylation is 1. The number of pyridine rings is 1. The predicted octanol–water partition coefficient (Wildman–Crippen LogP) is 1.42. The molecule has 0 saturated carbocycles. The maximum Gasteiger partial charge on any atom is 0.304 e. The third kappa shape index (κ3) is 4.89. The first kappa shape index (κ1) is 12.6. The molecule has 0 radical (unpaired) electrons. The lowest BCUT2D eigenvalue weighted by molar-refractivity contribution is -0.697. The van der Waals surface area contributed by atoms with Crippen molar-refractivity contribution in [3.8, 4) is 0 Å². The van der Waals surface area contributed by atoms with Gasteiger partial charge in [0.2, 0.25) is 0 Å². The van der Waals surface area contributed by atoms with Crippen molar-refractivity contribution in [1.82, 2.24) is 0 Å². The molecule has 0 spiro atoms. The lowest BCUT2D eigenvalue weighted by Crippen LogP contribution is -2.32. The van der Waals surface area contributed by atoms with Gasteiger partial charge in [-0.05, 0) is 6.07 Å². The van der Waals surface area contributed by atoms with Crippen LogP contribution in [-0.2, 0) is 27.4 Å². The summed E-state index contributed by atoms with van der Waals surface area (Å²) in [4.78, 5) is 10.5. The van der Waals surface area contributed by atoms with Gasteiger partial charge in [0.05, 0.1) is 6.61 Å². The van der Waals surface area contributed by atoms with E-state index in [2.05, 4.69) is 16.2 Å². The van der Waals surface area contributed by atoms with Crippen molar-refractivity contribution in [3.05, 3.63) is 30.1 Å². The molecule has 0 N–H and O–H groups in total. The molecule has 4 heteroatoms. The summed E-state index contributed by atoms with van der Waals surface area (Å²) < 4.78 is 12.0. The minimum Gasteiger partial charge on any atom is -0.439 e. The lowest BCUT2D eigenvalue weighted by atomic mass is 10.3. The molecule has 1 aromatic rings. The van der Waals surface area contributed by atoms with Crippen LogP contribution in [0.15, 0.2) is 24.5 Å². The second kappa shape index (κ2) is 6.95. The summed E-state index contributed by atoms with van der Waals surface area (Å²) in [6.07, 6.45) is 5.17. The van der Waals surface area contributed by atoms with Gasteiger partial charge in [0.25, 0.3) is 0 Å². The van der Waals surface area contributed by atoms with Gasteiger partial charge in [-0.3, -0.25) is 4.79 Å². The maximum absolute atomic E-state index is 10.5. The zero-order chi connectivity index (χ0) is 11.8. The largest absolute Gasteiger partial charge is 0.439 e. The Balaban J connectivity index is 2.35. The van der Waals surface area contributed by atoms with E-state index in [1.54, 1.807) is 0 Å². The Morgan fingerprint density at radius 1 is 1.50 bits per heavy atom. The molecule has 0 aliphatic carbocycles. The molecule has 0 bridgehead atoms. The molecule has 0 amide bonds. The Hall–Kier alpha value is -1.42. The molecular formula is C12H18NO3+. The van der Waals surface area contributed by atoms with E-state index < -0.39 is 0 Å². The fraction of sp³-hybridized carbons (Fsp3) is 0.500. The summed E-state index contributed by atoms with van der Waals surface area (Å²) >= 11 is 0. The SMILES string of the molecule is CCC[n+]1cccc(COCOC(C)=O)c1.